The van der Waals surface area contributed by atoms with Gasteiger partial charge in [-0.25, -0.2) is 4.79 Å². The second kappa shape index (κ2) is 6.53. The Morgan fingerprint density at radius 2 is 1.86 bits per heavy atom. The van der Waals surface area contributed by atoms with Gasteiger partial charge in [0.25, 0.3) is 0 Å². The van der Waals surface area contributed by atoms with E-state index in [0.29, 0.717) is 12.1 Å². The Morgan fingerprint density at radius 3 is 2.41 bits per heavy atom. The predicted octanol–water partition coefficient (Wildman–Crippen LogP) is 2.54. The number of nitrogens with one attached hydrogen (secondary N) is 1. The number of carboxylic acid groups (broad SMARTS) is 1. The van der Waals surface area contributed by atoms with Crippen molar-refractivity contribution in [2.45, 2.75) is 12.7 Å². The largest absolute Gasteiger partial charge is 0.465 e. The van der Waals surface area contributed by atoms with Crippen LogP contribution in [0, 0.1) is 0 Å². The van der Waals surface area contributed by atoms with Crippen molar-refractivity contribution >= 4 is 11.8 Å². The van der Waals surface area contributed by atoms with Crippen molar-refractivity contribution in [3.8, 4) is 0 Å². The summed E-state index contributed by atoms with van der Waals surface area (Å²) >= 11 is 0. The number of likely N-dealkylation sites (N-methyl/N-ethyl adjacent to an activating group) is 1. The molecule has 2 rings (SSSR count). The third-order valence-electron chi connectivity index (χ3n) is 3.57. The predicted molar refractivity (Wildman–Crippen MR) is 75.9 cm³/mol. The van der Waals surface area contributed by atoms with Crippen molar-refractivity contribution in [3.05, 3.63) is 29.3 Å². The van der Waals surface area contributed by atoms with Gasteiger partial charge in [0, 0.05) is 38.4 Å². The first kappa shape index (κ1) is 16.6. The minimum absolute atomic E-state index is 0.0635. The molecule has 0 bridgehead atoms. The van der Waals surface area contributed by atoms with E-state index in [1.54, 1.807) is 0 Å². The van der Waals surface area contributed by atoms with Crippen LogP contribution in [-0.2, 0) is 12.7 Å². The molecule has 122 valence electrons. The molecule has 0 unspecified atom stereocenters. The average molecular weight is 317 g/mol. The quantitative estimate of drug-likeness (QED) is 0.899. The van der Waals surface area contributed by atoms with E-state index in [1.165, 1.54) is 6.07 Å². The Bertz CT molecular complexity index is 541. The Kier molecular flexibility index (Phi) is 4.92. The lowest BCUT2D eigenvalue weighted by Gasteiger charge is -2.32. The molecule has 2 N–H and O–H groups in total. The van der Waals surface area contributed by atoms with Gasteiger partial charge in [0.05, 0.1) is 5.56 Å². The fourth-order valence-electron chi connectivity index (χ4n) is 2.41. The van der Waals surface area contributed by atoms with E-state index in [-0.39, 0.29) is 5.69 Å². The first-order valence-electron chi connectivity index (χ1n) is 6.86. The highest BCUT2D eigenvalue weighted by Crippen LogP contribution is 2.32. The van der Waals surface area contributed by atoms with E-state index in [9.17, 15) is 18.0 Å². The number of carbonyl (C=O) groups is 1. The third kappa shape index (κ3) is 4.60. The van der Waals surface area contributed by atoms with Gasteiger partial charge in [0.1, 0.15) is 0 Å². The SMILES string of the molecule is CN1CCN(Cc2cc(NC(=O)O)cc(C(F)(F)F)c2)CC1. The van der Waals surface area contributed by atoms with E-state index >= 15 is 0 Å². The van der Waals surface area contributed by atoms with Crippen LogP contribution in [0.3, 0.4) is 0 Å². The third-order valence-corrected chi connectivity index (χ3v) is 3.57. The molecule has 0 atom stereocenters. The molecule has 1 aliphatic heterocycles. The average Bonchev–Trinajstić information content (AvgIpc) is 2.39. The van der Waals surface area contributed by atoms with Gasteiger partial charge >= 0.3 is 12.3 Å². The molecule has 0 aliphatic carbocycles. The van der Waals surface area contributed by atoms with Crippen LogP contribution in [0.15, 0.2) is 18.2 Å². The first-order valence-corrected chi connectivity index (χ1v) is 6.86. The summed E-state index contributed by atoms with van der Waals surface area (Å²) in [5.74, 6) is 0. The molecular formula is C14H18F3N3O2. The molecule has 22 heavy (non-hydrogen) atoms. The van der Waals surface area contributed by atoms with Crippen LogP contribution in [0.25, 0.3) is 0 Å². The molecule has 1 heterocycles. The fraction of sp³-hybridized carbons (Fsp3) is 0.500. The number of alkyl halides is 3. The van der Waals surface area contributed by atoms with Crippen LogP contribution < -0.4 is 5.32 Å². The number of anilines is 1. The summed E-state index contributed by atoms with van der Waals surface area (Å²) in [6.45, 7) is 3.63. The van der Waals surface area contributed by atoms with Crippen LogP contribution in [0.4, 0.5) is 23.7 Å². The fourth-order valence-corrected chi connectivity index (χ4v) is 2.41. The Hall–Kier alpha value is -1.80. The molecule has 1 aromatic rings. The number of piperazine rings is 1. The number of halogens is 3. The molecule has 1 aromatic carbocycles. The number of nitrogens with zero attached hydrogens (tertiary/aromatic N) is 2. The number of rotatable bonds is 3. The molecule has 8 heteroatoms. The number of hydrogen-bond acceptors (Lipinski definition) is 3. The summed E-state index contributed by atoms with van der Waals surface area (Å²) in [4.78, 5) is 14.9. The van der Waals surface area contributed by atoms with Gasteiger partial charge in [-0.2, -0.15) is 13.2 Å². The topological polar surface area (TPSA) is 55.8 Å². The second-order valence-electron chi connectivity index (χ2n) is 5.43. The zero-order valence-electron chi connectivity index (χ0n) is 12.2. The van der Waals surface area contributed by atoms with Crippen molar-refractivity contribution < 1.29 is 23.1 Å². The molecule has 1 fully saturated rings. The Labute approximate surface area is 126 Å². The number of amides is 1. The summed E-state index contributed by atoms with van der Waals surface area (Å²) in [7, 11) is 2.00. The molecule has 0 aromatic heterocycles. The smallest absolute Gasteiger partial charge is 0.416 e. The van der Waals surface area contributed by atoms with E-state index in [2.05, 4.69) is 9.80 Å². The Balaban J connectivity index is 2.20. The highest BCUT2D eigenvalue weighted by molar-refractivity contribution is 5.83. The van der Waals surface area contributed by atoms with Gasteiger partial charge in [0.15, 0.2) is 0 Å². The minimum Gasteiger partial charge on any atom is -0.465 e. The summed E-state index contributed by atoms with van der Waals surface area (Å²) in [5.41, 5.74) is -0.461. The van der Waals surface area contributed by atoms with Crippen molar-refractivity contribution in [2.24, 2.45) is 0 Å². The monoisotopic (exact) mass is 317 g/mol. The van der Waals surface area contributed by atoms with Gasteiger partial charge < -0.3 is 10.0 Å². The normalized spacial score (nSPS) is 17.5. The van der Waals surface area contributed by atoms with Crippen molar-refractivity contribution in [1.29, 1.82) is 0 Å². The molecule has 0 saturated carbocycles. The summed E-state index contributed by atoms with van der Waals surface area (Å²) in [5, 5.41) is 10.7. The number of benzene rings is 1. The summed E-state index contributed by atoms with van der Waals surface area (Å²) < 4.78 is 38.8. The summed E-state index contributed by atoms with van der Waals surface area (Å²) in [6, 6.07) is 3.33. The molecule has 1 amide bonds. The molecular weight excluding hydrogens is 299 g/mol. The highest BCUT2D eigenvalue weighted by Gasteiger charge is 2.31. The highest BCUT2D eigenvalue weighted by atomic mass is 19.4. The zero-order chi connectivity index (χ0) is 16.3. The zero-order valence-corrected chi connectivity index (χ0v) is 12.2. The molecule has 0 spiro atoms. The first-order chi connectivity index (χ1) is 10.2. The van der Waals surface area contributed by atoms with Crippen molar-refractivity contribution in [3.63, 3.8) is 0 Å². The van der Waals surface area contributed by atoms with E-state index in [0.717, 1.165) is 38.3 Å². The van der Waals surface area contributed by atoms with E-state index in [1.807, 2.05) is 12.4 Å². The van der Waals surface area contributed by atoms with E-state index in [4.69, 9.17) is 5.11 Å². The van der Waals surface area contributed by atoms with Crippen LogP contribution in [0.1, 0.15) is 11.1 Å². The number of hydrogen-bond donors (Lipinski definition) is 2. The molecule has 1 saturated heterocycles. The molecule has 1 aliphatic rings. The van der Waals surface area contributed by atoms with Crippen molar-refractivity contribution in [1.82, 2.24) is 9.80 Å². The van der Waals surface area contributed by atoms with Gasteiger partial charge in [-0.1, -0.05) is 0 Å². The lowest BCUT2D eigenvalue weighted by atomic mass is 10.1. The maximum absolute atomic E-state index is 12.9. The van der Waals surface area contributed by atoms with Gasteiger partial charge in [-0.3, -0.25) is 10.2 Å². The standard InChI is InChI=1S/C14H18F3N3O2/c1-19-2-4-20(5-3-19)9-10-6-11(14(15,16)17)8-12(7-10)18-13(21)22/h6-8,18H,2-5,9H2,1H3,(H,21,22). The van der Waals surface area contributed by atoms with Gasteiger partial charge in [-0.05, 0) is 30.8 Å². The lowest BCUT2D eigenvalue weighted by Crippen LogP contribution is -2.43. The van der Waals surface area contributed by atoms with Crippen LogP contribution in [-0.4, -0.2) is 54.2 Å². The minimum atomic E-state index is -4.51. The van der Waals surface area contributed by atoms with Crippen LogP contribution in [0.5, 0.6) is 0 Å². The van der Waals surface area contributed by atoms with Crippen LogP contribution in [0.2, 0.25) is 0 Å². The van der Waals surface area contributed by atoms with E-state index < -0.39 is 17.8 Å². The van der Waals surface area contributed by atoms with Crippen LogP contribution >= 0.6 is 0 Å². The van der Waals surface area contributed by atoms with Crippen molar-refractivity contribution in [2.75, 3.05) is 38.5 Å². The van der Waals surface area contributed by atoms with Gasteiger partial charge in [-0.15, -0.1) is 0 Å². The Morgan fingerprint density at radius 1 is 1.23 bits per heavy atom. The van der Waals surface area contributed by atoms with Gasteiger partial charge in [0.2, 0.25) is 0 Å². The lowest BCUT2D eigenvalue weighted by molar-refractivity contribution is -0.137. The maximum Gasteiger partial charge on any atom is 0.416 e. The second-order valence-corrected chi connectivity index (χ2v) is 5.43. The molecule has 0 radical (unpaired) electrons. The molecule has 5 nitrogen and oxygen atoms in total. The maximum atomic E-state index is 12.9. The summed E-state index contributed by atoms with van der Waals surface area (Å²) in [6.07, 6.45) is -5.89.